The zero-order valence-corrected chi connectivity index (χ0v) is 14.7. The highest BCUT2D eigenvalue weighted by atomic mass is 16.1. The van der Waals surface area contributed by atoms with Crippen LogP contribution in [0.5, 0.6) is 0 Å². The molecule has 124 valence electrons. The Morgan fingerprint density at radius 3 is 2.04 bits per heavy atom. The first-order chi connectivity index (χ1) is 12.0. The summed E-state index contributed by atoms with van der Waals surface area (Å²) in [6.07, 6.45) is 0. The lowest BCUT2D eigenvalue weighted by atomic mass is 10.1. The summed E-state index contributed by atoms with van der Waals surface area (Å²) in [5.74, 6) is 0.958. The third kappa shape index (κ3) is 2.53. The average molecular weight is 329 g/mol. The third-order valence-corrected chi connectivity index (χ3v) is 4.60. The largest absolute Gasteiger partial charge is 0.283 e. The Balaban J connectivity index is 2.20. The number of hydrogen-bond donors (Lipinski definition) is 0. The Bertz CT molecular complexity index is 1140. The number of fused-ring (bicyclic) bond motifs is 2. The highest BCUT2D eigenvalue weighted by Crippen LogP contribution is 2.28. The van der Waals surface area contributed by atoms with Crippen LogP contribution in [-0.4, -0.2) is 25.7 Å². The summed E-state index contributed by atoms with van der Waals surface area (Å²) in [5.41, 5.74) is 0.953. The summed E-state index contributed by atoms with van der Waals surface area (Å²) in [6, 6.07) is 24.2. The lowest BCUT2D eigenvalue weighted by Crippen LogP contribution is -2.40. The van der Waals surface area contributed by atoms with Crippen molar-refractivity contribution in [2.45, 2.75) is 0 Å². The van der Waals surface area contributed by atoms with E-state index in [1.807, 2.05) is 53.1 Å². The highest BCUT2D eigenvalue weighted by molar-refractivity contribution is 5.92. The second-order valence-electron chi connectivity index (χ2n) is 7.24. The number of pyridine rings is 1. The molecule has 0 unspecified atom stereocenters. The van der Waals surface area contributed by atoms with E-state index in [9.17, 15) is 4.79 Å². The standard InChI is InChI=1S/C22H21N2O/c1-24(2,3)21-15-17-10-5-7-13-19(17)22(25)23(21)20-14-8-11-16-9-4-6-12-18(16)20/h4-15H,1-3H3/q+1. The van der Waals surface area contributed by atoms with Crippen LogP contribution in [-0.2, 0) is 0 Å². The van der Waals surface area contributed by atoms with Crippen molar-refractivity contribution in [3.63, 3.8) is 0 Å². The van der Waals surface area contributed by atoms with Gasteiger partial charge in [-0.1, -0.05) is 54.6 Å². The molecule has 0 spiro atoms. The second-order valence-corrected chi connectivity index (χ2v) is 7.24. The van der Waals surface area contributed by atoms with Crippen LogP contribution in [0.1, 0.15) is 0 Å². The maximum atomic E-state index is 13.4. The van der Waals surface area contributed by atoms with Gasteiger partial charge in [0.15, 0.2) is 0 Å². The Morgan fingerprint density at radius 2 is 1.32 bits per heavy atom. The van der Waals surface area contributed by atoms with Gasteiger partial charge in [0.1, 0.15) is 0 Å². The van der Waals surface area contributed by atoms with Gasteiger partial charge in [0.2, 0.25) is 5.82 Å². The number of hydrogen-bond acceptors (Lipinski definition) is 1. The fraction of sp³-hybridized carbons (Fsp3) is 0.136. The van der Waals surface area contributed by atoms with Gasteiger partial charge < -0.3 is 0 Å². The fourth-order valence-electron chi connectivity index (χ4n) is 3.38. The second kappa shape index (κ2) is 5.57. The SMILES string of the molecule is C[N+](C)(C)c1cc2ccccc2c(=O)n1-c1cccc2ccccc12. The number of nitrogens with zero attached hydrogens (tertiary/aromatic N) is 2. The summed E-state index contributed by atoms with van der Waals surface area (Å²) in [6.45, 7) is 0. The molecule has 3 aromatic carbocycles. The Labute approximate surface area is 147 Å². The fourth-order valence-corrected chi connectivity index (χ4v) is 3.38. The minimum atomic E-state index is 0.0255. The van der Waals surface area contributed by atoms with Gasteiger partial charge in [0.05, 0.1) is 26.8 Å². The lowest BCUT2D eigenvalue weighted by molar-refractivity contribution is 0.463. The molecule has 25 heavy (non-hydrogen) atoms. The number of quaternary nitrogens is 1. The van der Waals surface area contributed by atoms with Crippen molar-refractivity contribution in [3.05, 3.63) is 83.2 Å². The molecule has 1 heterocycles. The minimum absolute atomic E-state index is 0.0255. The first-order valence-corrected chi connectivity index (χ1v) is 8.42. The molecule has 0 aliphatic heterocycles. The van der Waals surface area contributed by atoms with Crippen LogP contribution in [0, 0.1) is 0 Å². The summed E-state index contributed by atoms with van der Waals surface area (Å²) in [7, 11) is 6.27. The predicted octanol–water partition coefficient (Wildman–Crippen LogP) is 4.34. The van der Waals surface area contributed by atoms with Crippen LogP contribution in [0.2, 0.25) is 0 Å². The maximum Gasteiger partial charge on any atom is 0.267 e. The van der Waals surface area contributed by atoms with Crippen molar-refractivity contribution in [1.29, 1.82) is 0 Å². The molecular weight excluding hydrogens is 308 g/mol. The molecule has 0 fully saturated rings. The summed E-state index contributed by atoms with van der Waals surface area (Å²) in [5, 5.41) is 3.93. The molecule has 0 saturated carbocycles. The molecule has 0 atom stereocenters. The van der Waals surface area contributed by atoms with Crippen molar-refractivity contribution in [2.24, 2.45) is 0 Å². The van der Waals surface area contributed by atoms with E-state index < -0.39 is 0 Å². The van der Waals surface area contributed by atoms with Gasteiger partial charge in [-0.05, 0) is 22.9 Å². The van der Waals surface area contributed by atoms with Crippen LogP contribution in [0.3, 0.4) is 0 Å². The molecular formula is C22H21N2O+. The molecule has 4 rings (SSSR count). The van der Waals surface area contributed by atoms with E-state index in [0.29, 0.717) is 4.48 Å². The van der Waals surface area contributed by atoms with Crippen LogP contribution in [0.4, 0.5) is 5.82 Å². The minimum Gasteiger partial charge on any atom is -0.283 e. The highest BCUT2D eigenvalue weighted by Gasteiger charge is 2.22. The van der Waals surface area contributed by atoms with Crippen LogP contribution >= 0.6 is 0 Å². The third-order valence-electron chi connectivity index (χ3n) is 4.60. The van der Waals surface area contributed by atoms with E-state index >= 15 is 0 Å². The van der Waals surface area contributed by atoms with Gasteiger partial charge in [-0.25, -0.2) is 4.57 Å². The maximum absolute atomic E-state index is 13.4. The van der Waals surface area contributed by atoms with Gasteiger partial charge in [-0.2, -0.15) is 0 Å². The summed E-state index contributed by atoms with van der Waals surface area (Å²) in [4.78, 5) is 13.4. The van der Waals surface area contributed by atoms with Crippen LogP contribution in [0.25, 0.3) is 27.2 Å². The molecule has 0 bridgehead atoms. The van der Waals surface area contributed by atoms with E-state index in [1.165, 1.54) is 0 Å². The van der Waals surface area contributed by atoms with E-state index in [-0.39, 0.29) is 5.56 Å². The van der Waals surface area contributed by atoms with Crippen LogP contribution in [0.15, 0.2) is 77.6 Å². The molecule has 0 saturated heterocycles. The van der Waals surface area contributed by atoms with Crippen molar-refractivity contribution in [3.8, 4) is 5.69 Å². The first kappa shape index (κ1) is 15.6. The van der Waals surface area contributed by atoms with E-state index in [1.54, 1.807) is 0 Å². The zero-order valence-electron chi connectivity index (χ0n) is 14.7. The number of rotatable bonds is 2. The lowest BCUT2D eigenvalue weighted by Gasteiger charge is -2.27. The van der Waals surface area contributed by atoms with Crippen molar-refractivity contribution >= 4 is 27.4 Å². The van der Waals surface area contributed by atoms with E-state index in [0.717, 1.165) is 33.1 Å². The Kier molecular flexibility index (Phi) is 3.48. The number of benzene rings is 3. The summed E-state index contributed by atoms with van der Waals surface area (Å²) < 4.78 is 2.42. The molecule has 0 radical (unpaired) electrons. The quantitative estimate of drug-likeness (QED) is 0.501. The van der Waals surface area contributed by atoms with Gasteiger partial charge >= 0.3 is 0 Å². The molecule has 3 nitrogen and oxygen atoms in total. The number of aromatic nitrogens is 1. The van der Waals surface area contributed by atoms with E-state index in [2.05, 4.69) is 45.4 Å². The topological polar surface area (TPSA) is 22.0 Å². The molecule has 0 N–H and O–H groups in total. The molecule has 0 amide bonds. The molecule has 3 heteroatoms. The molecule has 4 aromatic rings. The monoisotopic (exact) mass is 329 g/mol. The molecule has 0 aliphatic rings. The Hall–Kier alpha value is -2.91. The smallest absolute Gasteiger partial charge is 0.267 e. The van der Waals surface area contributed by atoms with Gasteiger partial charge in [-0.3, -0.25) is 9.28 Å². The average Bonchev–Trinajstić information content (AvgIpc) is 2.61. The van der Waals surface area contributed by atoms with E-state index in [4.69, 9.17) is 0 Å². The van der Waals surface area contributed by atoms with Gasteiger partial charge in [-0.15, -0.1) is 0 Å². The normalized spacial score (nSPS) is 12.0. The van der Waals surface area contributed by atoms with Crippen LogP contribution < -0.4 is 10.0 Å². The first-order valence-electron chi connectivity index (χ1n) is 8.42. The van der Waals surface area contributed by atoms with Gasteiger partial charge in [0.25, 0.3) is 5.56 Å². The van der Waals surface area contributed by atoms with Crippen molar-refractivity contribution in [2.75, 3.05) is 21.1 Å². The molecule has 1 aromatic heterocycles. The van der Waals surface area contributed by atoms with Crippen molar-refractivity contribution < 1.29 is 0 Å². The summed E-state index contributed by atoms with van der Waals surface area (Å²) >= 11 is 0. The van der Waals surface area contributed by atoms with Crippen molar-refractivity contribution in [1.82, 2.24) is 9.05 Å². The van der Waals surface area contributed by atoms with Gasteiger partial charge in [0, 0.05) is 16.8 Å². The Morgan fingerprint density at radius 1 is 0.720 bits per heavy atom. The molecule has 0 aliphatic carbocycles. The zero-order chi connectivity index (χ0) is 17.6. The predicted molar refractivity (Wildman–Crippen MR) is 107 cm³/mol.